The van der Waals surface area contributed by atoms with Gasteiger partial charge in [0.2, 0.25) is 0 Å². The Kier molecular flexibility index (Phi) is 6.25. The van der Waals surface area contributed by atoms with Gasteiger partial charge >= 0.3 is 0 Å². The Balaban J connectivity index is 1.37. The van der Waals surface area contributed by atoms with Gasteiger partial charge in [-0.15, -0.1) is 0 Å². The lowest BCUT2D eigenvalue weighted by Gasteiger charge is -2.20. The molecule has 1 heterocycles. The maximum atomic E-state index is 6.48. The number of fused-ring (bicyclic) bond motifs is 6. The molecule has 0 N–H and O–H groups in total. The van der Waals surface area contributed by atoms with E-state index in [-0.39, 0.29) is 0 Å². The van der Waals surface area contributed by atoms with Crippen LogP contribution in [0.3, 0.4) is 0 Å². The SMILES string of the molecule is c1ccc(-c2ccc3oc4ccccc4c3c2-c2cc(-c3c4ccccc4c(-c4ccccc4)c4ccccc34)c3ccccc3c2)cc1. The van der Waals surface area contributed by atoms with Crippen molar-refractivity contribution in [2.24, 2.45) is 0 Å². The van der Waals surface area contributed by atoms with Crippen molar-refractivity contribution in [2.75, 3.05) is 0 Å². The van der Waals surface area contributed by atoms with Gasteiger partial charge in [-0.05, 0) is 95.5 Å². The highest BCUT2D eigenvalue weighted by Crippen LogP contribution is 2.48. The van der Waals surface area contributed by atoms with Crippen LogP contribution in [0.25, 0.3) is 98.8 Å². The van der Waals surface area contributed by atoms with E-state index in [0.29, 0.717) is 0 Å². The van der Waals surface area contributed by atoms with Crippen LogP contribution in [0.1, 0.15) is 0 Å². The van der Waals surface area contributed by atoms with Gasteiger partial charge in [0, 0.05) is 16.3 Å². The van der Waals surface area contributed by atoms with Crippen LogP contribution in [-0.2, 0) is 0 Å². The Morgan fingerprint density at radius 1 is 0.286 bits per heavy atom. The Hall–Kier alpha value is -6.44. The van der Waals surface area contributed by atoms with Crippen LogP contribution in [0.5, 0.6) is 0 Å². The van der Waals surface area contributed by atoms with Crippen LogP contribution in [0.15, 0.2) is 186 Å². The summed E-state index contributed by atoms with van der Waals surface area (Å²) in [6.45, 7) is 0. The maximum absolute atomic E-state index is 6.48. The molecule has 0 saturated carbocycles. The summed E-state index contributed by atoms with van der Waals surface area (Å²) in [6.07, 6.45) is 0. The summed E-state index contributed by atoms with van der Waals surface area (Å²) < 4.78 is 6.48. The molecule has 0 aliphatic heterocycles. The van der Waals surface area contributed by atoms with Crippen molar-refractivity contribution < 1.29 is 4.42 Å². The second kappa shape index (κ2) is 11.1. The van der Waals surface area contributed by atoms with E-state index in [2.05, 4.69) is 176 Å². The fraction of sp³-hybridized carbons (Fsp3) is 0. The second-order valence-electron chi connectivity index (χ2n) is 12.8. The first-order valence-electron chi connectivity index (χ1n) is 16.9. The van der Waals surface area contributed by atoms with E-state index in [0.717, 1.165) is 21.9 Å². The van der Waals surface area contributed by atoms with E-state index in [1.54, 1.807) is 0 Å². The number of hydrogen-bond donors (Lipinski definition) is 0. The first-order chi connectivity index (χ1) is 24.3. The highest BCUT2D eigenvalue weighted by Gasteiger charge is 2.22. The van der Waals surface area contributed by atoms with Crippen molar-refractivity contribution >= 4 is 54.3 Å². The van der Waals surface area contributed by atoms with Gasteiger partial charge in [-0.1, -0.05) is 158 Å². The minimum absolute atomic E-state index is 0.897. The van der Waals surface area contributed by atoms with E-state index in [1.165, 1.54) is 76.8 Å². The summed E-state index contributed by atoms with van der Waals surface area (Å²) >= 11 is 0. The van der Waals surface area contributed by atoms with Crippen LogP contribution >= 0.6 is 0 Å². The summed E-state index contributed by atoms with van der Waals surface area (Å²) in [5, 5.41) is 9.72. The molecule has 0 bridgehead atoms. The van der Waals surface area contributed by atoms with Gasteiger partial charge in [0.1, 0.15) is 11.2 Å². The summed E-state index contributed by atoms with van der Waals surface area (Å²) in [5.74, 6) is 0. The smallest absolute Gasteiger partial charge is 0.136 e. The second-order valence-corrected chi connectivity index (χ2v) is 12.8. The van der Waals surface area contributed by atoms with Gasteiger partial charge in [-0.25, -0.2) is 0 Å². The molecule has 1 aromatic heterocycles. The van der Waals surface area contributed by atoms with E-state index in [4.69, 9.17) is 4.42 Å². The Bertz CT molecular complexity index is 2800. The zero-order valence-electron chi connectivity index (χ0n) is 26.7. The first kappa shape index (κ1) is 27.7. The predicted octanol–water partition coefficient (Wildman–Crippen LogP) is 13.7. The van der Waals surface area contributed by atoms with Crippen LogP contribution in [0.2, 0.25) is 0 Å². The fourth-order valence-corrected chi connectivity index (χ4v) is 7.97. The monoisotopic (exact) mass is 622 g/mol. The van der Waals surface area contributed by atoms with Crippen molar-refractivity contribution in [1.82, 2.24) is 0 Å². The van der Waals surface area contributed by atoms with Gasteiger partial charge in [-0.2, -0.15) is 0 Å². The zero-order chi connectivity index (χ0) is 32.3. The van der Waals surface area contributed by atoms with E-state index in [1.807, 2.05) is 6.07 Å². The van der Waals surface area contributed by atoms with Gasteiger partial charge < -0.3 is 4.42 Å². The minimum Gasteiger partial charge on any atom is -0.456 e. The molecule has 0 radical (unpaired) electrons. The highest BCUT2D eigenvalue weighted by molar-refractivity contribution is 6.24. The van der Waals surface area contributed by atoms with Crippen molar-refractivity contribution in [3.05, 3.63) is 182 Å². The third-order valence-corrected chi connectivity index (χ3v) is 10.0. The van der Waals surface area contributed by atoms with Crippen LogP contribution in [-0.4, -0.2) is 0 Å². The molecule has 0 aliphatic rings. The van der Waals surface area contributed by atoms with Gasteiger partial charge in [0.05, 0.1) is 0 Å². The zero-order valence-corrected chi connectivity index (χ0v) is 26.7. The molecule has 49 heavy (non-hydrogen) atoms. The minimum atomic E-state index is 0.897. The van der Waals surface area contributed by atoms with Crippen molar-refractivity contribution in [3.63, 3.8) is 0 Å². The lowest BCUT2D eigenvalue weighted by molar-refractivity contribution is 0.669. The van der Waals surface area contributed by atoms with Crippen LogP contribution in [0, 0.1) is 0 Å². The normalized spacial score (nSPS) is 11.7. The molecule has 0 saturated heterocycles. The molecule has 9 aromatic carbocycles. The molecule has 0 spiro atoms. The average Bonchev–Trinajstić information content (AvgIpc) is 3.56. The average molecular weight is 623 g/mol. The quantitative estimate of drug-likeness (QED) is 0.178. The molecule has 0 atom stereocenters. The highest BCUT2D eigenvalue weighted by atomic mass is 16.3. The number of benzene rings is 9. The Labute approximate surface area is 284 Å². The molecule has 0 unspecified atom stereocenters. The van der Waals surface area contributed by atoms with Crippen molar-refractivity contribution in [2.45, 2.75) is 0 Å². The molecule has 10 rings (SSSR count). The standard InChI is InChI=1S/C48H30O/c1-3-15-31(16-4-1)36-27-28-44-48(41-25-13-14-26-43(41)49-44)46(36)34-29-33-19-7-8-20-35(33)42(30-34)47-39-23-11-9-21-37(39)45(32-17-5-2-6-18-32)38-22-10-12-24-40(38)47/h1-30H. The van der Waals surface area contributed by atoms with Gasteiger partial charge in [0.25, 0.3) is 0 Å². The third kappa shape index (κ3) is 4.33. The van der Waals surface area contributed by atoms with E-state index < -0.39 is 0 Å². The Morgan fingerprint density at radius 2 is 0.816 bits per heavy atom. The van der Waals surface area contributed by atoms with Gasteiger partial charge in [0.15, 0.2) is 0 Å². The van der Waals surface area contributed by atoms with Crippen molar-refractivity contribution in [3.8, 4) is 44.5 Å². The summed E-state index contributed by atoms with van der Waals surface area (Å²) in [4.78, 5) is 0. The third-order valence-electron chi connectivity index (χ3n) is 10.0. The molecule has 0 amide bonds. The predicted molar refractivity (Wildman–Crippen MR) is 208 cm³/mol. The van der Waals surface area contributed by atoms with Crippen LogP contribution in [0.4, 0.5) is 0 Å². The molecule has 10 aromatic rings. The molecule has 0 fully saturated rings. The molecular weight excluding hydrogens is 593 g/mol. The number of furan rings is 1. The summed E-state index contributed by atoms with van der Waals surface area (Å²) in [5.41, 5.74) is 11.5. The molecule has 228 valence electrons. The number of rotatable bonds is 4. The maximum Gasteiger partial charge on any atom is 0.136 e. The van der Waals surface area contributed by atoms with Gasteiger partial charge in [-0.3, -0.25) is 0 Å². The number of para-hydroxylation sites is 1. The molecule has 0 aliphatic carbocycles. The Morgan fingerprint density at radius 3 is 1.49 bits per heavy atom. The molecule has 1 heteroatoms. The number of hydrogen-bond acceptors (Lipinski definition) is 1. The topological polar surface area (TPSA) is 13.1 Å². The molecule has 1 nitrogen and oxygen atoms in total. The largest absolute Gasteiger partial charge is 0.456 e. The summed E-state index contributed by atoms with van der Waals surface area (Å²) in [7, 11) is 0. The van der Waals surface area contributed by atoms with Crippen molar-refractivity contribution in [1.29, 1.82) is 0 Å². The molecular formula is C48H30O. The lowest BCUT2D eigenvalue weighted by Crippen LogP contribution is -1.93. The van der Waals surface area contributed by atoms with E-state index in [9.17, 15) is 0 Å². The fourth-order valence-electron chi connectivity index (χ4n) is 7.97. The lowest BCUT2D eigenvalue weighted by atomic mass is 9.83. The first-order valence-corrected chi connectivity index (χ1v) is 16.9. The van der Waals surface area contributed by atoms with Crippen LogP contribution < -0.4 is 0 Å². The summed E-state index contributed by atoms with van der Waals surface area (Å²) in [6, 6.07) is 65.8. The van der Waals surface area contributed by atoms with E-state index >= 15 is 0 Å².